The van der Waals surface area contributed by atoms with Crippen molar-refractivity contribution in [3.63, 3.8) is 0 Å². The smallest absolute Gasteiger partial charge is 0.152 e. The highest BCUT2D eigenvalue weighted by Gasteiger charge is 2.00. The third kappa shape index (κ3) is 0.903. The molecule has 0 saturated heterocycles. The van der Waals surface area contributed by atoms with Gasteiger partial charge in [-0.1, -0.05) is 0 Å². The molecule has 4 heteroatoms. The topological polar surface area (TPSA) is 43.3 Å². The van der Waals surface area contributed by atoms with E-state index in [0.717, 1.165) is 10.1 Å². The SMILES string of the molecule is Nc1ccc(Br)c2nccn12. The van der Waals surface area contributed by atoms with Crippen LogP contribution in [0.5, 0.6) is 0 Å². The lowest BCUT2D eigenvalue weighted by atomic mass is 10.4. The first-order valence-corrected chi connectivity index (χ1v) is 3.95. The Labute approximate surface area is 72.0 Å². The Hall–Kier alpha value is -1.03. The van der Waals surface area contributed by atoms with Crippen LogP contribution in [0.15, 0.2) is 29.0 Å². The number of imidazole rings is 1. The number of halogens is 1. The van der Waals surface area contributed by atoms with E-state index in [1.165, 1.54) is 0 Å². The van der Waals surface area contributed by atoms with Crippen LogP contribution < -0.4 is 5.73 Å². The zero-order valence-electron chi connectivity index (χ0n) is 5.66. The first kappa shape index (κ1) is 6.67. The number of nitrogens with zero attached hydrogens (tertiary/aromatic N) is 2. The summed E-state index contributed by atoms with van der Waals surface area (Å²) in [7, 11) is 0. The van der Waals surface area contributed by atoms with Crippen molar-refractivity contribution in [3.8, 4) is 0 Å². The molecule has 0 spiro atoms. The van der Waals surface area contributed by atoms with E-state index in [9.17, 15) is 0 Å². The highest BCUT2D eigenvalue weighted by Crippen LogP contribution is 2.18. The molecule has 2 N–H and O–H groups in total. The van der Waals surface area contributed by atoms with Crippen LogP contribution in [-0.2, 0) is 0 Å². The average molecular weight is 212 g/mol. The molecule has 0 amide bonds. The molecule has 0 atom stereocenters. The summed E-state index contributed by atoms with van der Waals surface area (Å²) in [6.07, 6.45) is 3.55. The van der Waals surface area contributed by atoms with Gasteiger partial charge in [-0.05, 0) is 28.1 Å². The molecule has 2 rings (SSSR count). The third-order valence-electron chi connectivity index (χ3n) is 1.53. The van der Waals surface area contributed by atoms with Crippen LogP contribution in [0.4, 0.5) is 5.82 Å². The van der Waals surface area contributed by atoms with Gasteiger partial charge in [0, 0.05) is 12.4 Å². The fourth-order valence-electron chi connectivity index (χ4n) is 1.00. The van der Waals surface area contributed by atoms with Crippen LogP contribution in [0.2, 0.25) is 0 Å². The molecule has 56 valence electrons. The Morgan fingerprint density at radius 1 is 1.45 bits per heavy atom. The Balaban J connectivity index is 2.96. The molecule has 2 heterocycles. The minimum atomic E-state index is 0.695. The summed E-state index contributed by atoms with van der Waals surface area (Å²) in [6, 6.07) is 3.72. The molecule has 2 aromatic heterocycles. The molecule has 3 nitrogen and oxygen atoms in total. The van der Waals surface area contributed by atoms with Crippen molar-refractivity contribution in [1.82, 2.24) is 9.38 Å². The van der Waals surface area contributed by atoms with Crippen molar-refractivity contribution < 1.29 is 0 Å². The van der Waals surface area contributed by atoms with Gasteiger partial charge in [-0.3, -0.25) is 4.40 Å². The van der Waals surface area contributed by atoms with Crippen LogP contribution in [0.25, 0.3) is 5.65 Å². The van der Waals surface area contributed by atoms with E-state index in [4.69, 9.17) is 5.73 Å². The average Bonchev–Trinajstić information content (AvgIpc) is 2.45. The lowest BCUT2D eigenvalue weighted by Gasteiger charge is -1.99. The lowest BCUT2D eigenvalue weighted by Crippen LogP contribution is -1.94. The number of nitrogen functional groups attached to an aromatic ring is 1. The molecule has 0 aliphatic heterocycles. The van der Waals surface area contributed by atoms with Gasteiger partial charge in [0.25, 0.3) is 0 Å². The molecule has 0 saturated carbocycles. The summed E-state index contributed by atoms with van der Waals surface area (Å²) >= 11 is 3.37. The van der Waals surface area contributed by atoms with Gasteiger partial charge in [0.1, 0.15) is 5.82 Å². The molecule has 11 heavy (non-hydrogen) atoms. The summed E-state index contributed by atoms with van der Waals surface area (Å²) in [4.78, 5) is 4.12. The largest absolute Gasteiger partial charge is 0.385 e. The van der Waals surface area contributed by atoms with E-state index >= 15 is 0 Å². The standard InChI is InChI=1S/C7H6BrN3/c8-5-1-2-6(9)11-4-3-10-7(5)11/h1-4H,9H2. The molecular formula is C7H6BrN3. The Bertz CT molecular complexity index is 357. The number of nitrogens with two attached hydrogens (primary N) is 1. The molecule has 0 radical (unpaired) electrons. The maximum absolute atomic E-state index is 5.67. The Kier molecular flexibility index (Phi) is 1.35. The van der Waals surface area contributed by atoms with E-state index < -0.39 is 0 Å². The van der Waals surface area contributed by atoms with E-state index in [0.29, 0.717) is 5.82 Å². The van der Waals surface area contributed by atoms with Gasteiger partial charge in [-0.25, -0.2) is 4.98 Å². The molecular weight excluding hydrogens is 206 g/mol. The van der Waals surface area contributed by atoms with E-state index in [-0.39, 0.29) is 0 Å². The monoisotopic (exact) mass is 211 g/mol. The highest BCUT2D eigenvalue weighted by atomic mass is 79.9. The van der Waals surface area contributed by atoms with Gasteiger partial charge in [0.2, 0.25) is 0 Å². The molecule has 2 aromatic rings. The third-order valence-corrected chi connectivity index (χ3v) is 2.15. The van der Waals surface area contributed by atoms with Crippen LogP contribution in [0.1, 0.15) is 0 Å². The van der Waals surface area contributed by atoms with Gasteiger partial charge >= 0.3 is 0 Å². The number of hydrogen-bond donors (Lipinski definition) is 1. The van der Waals surface area contributed by atoms with Gasteiger partial charge in [-0.15, -0.1) is 0 Å². The number of pyridine rings is 1. The summed E-state index contributed by atoms with van der Waals surface area (Å²) in [6.45, 7) is 0. The van der Waals surface area contributed by atoms with Crippen molar-refractivity contribution in [3.05, 3.63) is 29.0 Å². The molecule has 0 aliphatic carbocycles. The van der Waals surface area contributed by atoms with E-state index in [1.807, 2.05) is 22.7 Å². The number of fused-ring (bicyclic) bond motifs is 1. The predicted molar refractivity (Wildman–Crippen MR) is 47.3 cm³/mol. The van der Waals surface area contributed by atoms with Gasteiger partial charge in [0.05, 0.1) is 4.47 Å². The fourth-order valence-corrected chi connectivity index (χ4v) is 1.43. The molecule has 0 aromatic carbocycles. The predicted octanol–water partition coefficient (Wildman–Crippen LogP) is 1.68. The molecule has 0 fully saturated rings. The zero-order chi connectivity index (χ0) is 7.84. The minimum absolute atomic E-state index is 0.695. The molecule has 0 aliphatic rings. The van der Waals surface area contributed by atoms with Crippen molar-refractivity contribution in [2.24, 2.45) is 0 Å². The first-order chi connectivity index (χ1) is 5.29. The summed E-state index contributed by atoms with van der Waals surface area (Å²) in [5.41, 5.74) is 6.52. The normalized spacial score (nSPS) is 10.6. The zero-order valence-corrected chi connectivity index (χ0v) is 7.25. The quantitative estimate of drug-likeness (QED) is 0.721. The first-order valence-electron chi connectivity index (χ1n) is 3.16. The van der Waals surface area contributed by atoms with Crippen LogP contribution in [0, 0.1) is 0 Å². The fraction of sp³-hybridized carbons (Fsp3) is 0. The summed E-state index contributed by atoms with van der Waals surface area (Å²) < 4.78 is 2.78. The Morgan fingerprint density at radius 3 is 3.00 bits per heavy atom. The number of anilines is 1. The minimum Gasteiger partial charge on any atom is -0.385 e. The van der Waals surface area contributed by atoms with Crippen molar-refractivity contribution >= 4 is 27.4 Å². The summed E-state index contributed by atoms with van der Waals surface area (Å²) in [5.74, 6) is 0.695. The second kappa shape index (κ2) is 2.23. The molecule has 0 unspecified atom stereocenters. The lowest BCUT2D eigenvalue weighted by molar-refractivity contribution is 1.19. The highest BCUT2D eigenvalue weighted by molar-refractivity contribution is 9.10. The van der Waals surface area contributed by atoms with Crippen LogP contribution in [-0.4, -0.2) is 9.38 Å². The van der Waals surface area contributed by atoms with Gasteiger partial charge < -0.3 is 5.73 Å². The maximum Gasteiger partial charge on any atom is 0.152 e. The van der Waals surface area contributed by atoms with Gasteiger partial charge in [-0.2, -0.15) is 0 Å². The maximum atomic E-state index is 5.67. The molecule has 0 bridgehead atoms. The van der Waals surface area contributed by atoms with Crippen molar-refractivity contribution in [2.45, 2.75) is 0 Å². The van der Waals surface area contributed by atoms with E-state index in [2.05, 4.69) is 20.9 Å². The van der Waals surface area contributed by atoms with Crippen LogP contribution >= 0.6 is 15.9 Å². The number of rotatable bonds is 0. The van der Waals surface area contributed by atoms with Crippen molar-refractivity contribution in [2.75, 3.05) is 5.73 Å². The van der Waals surface area contributed by atoms with E-state index in [1.54, 1.807) is 6.20 Å². The van der Waals surface area contributed by atoms with Crippen LogP contribution in [0.3, 0.4) is 0 Å². The Morgan fingerprint density at radius 2 is 2.27 bits per heavy atom. The van der Waals surface area contributed by atoms with Crippen molar-refractivity contribution in [1.29, 1.82) is 0 Å². The number of hydrogen-bond acceptors (Lipinski definition) is 2. The number of aromatic nitrogens is 2. The second-order valence-electron chi connectivity index (χ2n) is 2.23. The second-order valence-corrected chi connectivity index (χ2v) is 3.08. The van der Waals surface area contributed by atoms with Gasteiger partial charge in [0.15, 0.2) is 5.65 Å². The summed E-state index contributed by atoms with van der Waals surface area (Å²) in [5, 5.41) is 0.